The number of aromatic nitrogens is 1. The maximum atomic E-state index is 14.3. The number of nitrogen functional groups attached to an aromatic ring is 1. The second-order valence-electron chi connectivity index (χ2n) is 6.52. The summed E-state index contributed by atoms with van der Waals surface area (Å²) in [6.07, 6.45) is 2.36. The summed E-state index contributed by atoms with van der Waals surface area (Å²) in [6.45, 7) is 2.54. The Morgan fingerprint density at radius 1 is 1.04 bits per heavy atom. The van der Waals surface area contributed by atoms with Crippen molar-refractivity contribution in [3.8, 4) is 22.3 Å². The monoisotopic (exact) mass is 347 g/mol. The number of carbonyl (C=O) groups excluding carboxylic acids is 1. The van der Waals surface area contributed by atoms with E-state index < -0.39 is 0 Å². The average molecular weight is 347 g/mol. The minimum absolute atomic E-state index is 0.0560. The van der Waals surface area contributed by atoms with Crippen LogP contribution in [0.3, 0.4) is 0 Å². The maximum absolute atomic E-state index is 14.3. The summed E-state index contributed by atoms with van der Waals surface area (Å²) in [5.74, 6) is 0.0248. The molecule has 0 atom stereocenters. The molecule has 26 heavy (non-hydrogen) atoms. The molecule has 4 nitrogen and oxygen atoms in total. The van der Waals surface area contributed by atoms with Gasteiger partial charge < -0.3 is 11.1 Å². The number of carbonyl (C=O) groups is 1. The van der Waals surface area contributed by atoms with Gasteiger partial charge in [0, 0.05) is 35.0 Å². The number of anilines is 1. The Kier molecular flexibility index (Phi) is 3.92. The van der Waals surface area contributed by atoms with Gasteiger partial charge in [-0.3, -0.25) is 4.79 Å². The first-order valence-corrected chi connectivity index (χ1v) is 8.46. The topological polar surface area (TPSA) is 68.0 Å². The van der Waals surface area contributed by atoms with Gasteiger partial charge >= 0.3 is 0 Å². The normalized spacial score (nSPS) is 13.2. The van der Waals surface area contributed by atoms with Crippen molar-refractivity contribution in [3.05, 3.63) is 71.2 Å². The van der Waals surface area contributed by atoms with E-state index >= 15 is 0 Å². The zero-order chi connectivity index (χ0) is 18.3. The van der Waals surface area contributed by atoms with Crippen LogP contribution < -0.4 is 11.1 Å². The molecule has 3 N–H and O–H groups in total. The van der Waals surface area contributed by atoms with Crippen LogP contribution in [0.5, 0.6) is 0 Å². The van der Waals surface area contributed by atoms with Gasteiger partial charge in [-0.15, -0.1) is 0 Å². The van der Waals surface area contributed by atoms with Gasteiger partial charge in [-0.05, 0) is 48.7 Å². The highest BCUT2D eigenvalue weighted by Crippen LogP contribution is 2.32. The highest BCUT2D eigenvalue weighted by molar-refractivity contribution is 5.97. The molecule has 3 aromatic rings. The van der Waals surface area contributed by atoms with Crippen molar-refractivity contribution in [2.45, 2.75) is 13.3 Å². The average Bonchev–Trinajstić information content (AvgIpc) is 2.64. The summed E-state index contributed by atoms with van der Waals surface area (Å²) >= 11 is 0. The number of benzene rings is 2. The zero-order valence-electron chi connectivity index (χ0n) is 14.3. The van der Waals surface area contributed by atoms with Crippen molar-refractivity contribution < 1.29 is 9.18 Å². The molecule has 0 aliphatic carbocycles. The molecule has 2 aromatic carbocycles. The SMILES string of the molecule is Cc1ccc(F)c(-c2cnc(N)c(-c3ccc4c(c3)CCNC4=O)c2)c1. The molecular weight excluding hydrogens is 329 g/mol. The minimum atomic E-state index is -0.296. The number of fused-ring (bicyclic) bond motifs is 1. The third-order valence-corrected chi connectivity index (χ3v) is 4.69. The fourth-order valence-electron chi connectivity index (χ4n) is 3.31. The van der Waals surface area contributed by atoms with Crippen LogP contribution in [0.4, 0.5) is 10.2 Å². The Balaban J connectivity index is 1.83. The third-order valence-electron chi connectivity index (χ3n) is 4.69. The van der Waals surface area contributed by atoms with Crippen molar-refractivity contribution in [2.24, 2.45) is 0 Å². The molecule has 0 spiro atoms. The van der Waals surface area contributed by atoms with Crippen molar-refractivity contribution >= 4 is 11.7 Å². The standard InChI is InChI=1S/C21H18FN3O/c1-12-2-5-19(22)17(8-12)15-10-18(20(23)25-11-15)13-3-4-16-14(9-13)6-7-24-21(16)26/h2-5,8-11H,6-7H2,1H3,(H2,23,25)(H,24,26). The fraction of sp³-hybridized carbons (Fsp3) is 0.143. The lowest BCUT2D eigenvalue weighted by Crippen LogP contribution is -2.31. The third kappa shape index (κ3) is 2.81. The van der Waals surface area contributed by atoms with Gasteiger partial charge in [-0.25, -0.2) is 9.37 Å². The molecular formula is C21H18FN3O. The Hall–Kier alpha value is -3.21. The first kappa shape index (κ1) is 16.3. The number of nitrogens with two attached hydrogens (primary N) is 1. The molecule has 130 valence electrons. The Labute approximate surface area is 150 Å². The molecule has 0 bridgehead atoms. The minimum Gasteiger partial charge on any atom is -0.383 e. The highest BCUT2D eigenvalue weighted by atomic mass is 19.1. The molecule has 4 rings (SSSR count). The lowest BCUT2D eigenvalue weighted by molar-refractivity contribution is 0.0946. The number of amides is 1. The number of rotatable bonds is 2. The predicted octanol–water partition coefficient (Wildman–Crippen LogP) is 3.73. The Morgan fingerprint density at radius 2 is 1.88 bits per heavy atom. The van der Waals surface area contributed by atoms with Crippen molar-refractivity contribution in [2.75, 3.05) is 12.3 Å². The Morgan fingerprint density at radius 3 is 2.73 bits per heavy atom. The number of nitrogens with zero attached hydrogens (tertiary/aromatic N) is 1. The predicted molar refractivity (Wildman–Crippen MR) is 100 cm³/mol. The summed E-state index contributed by atoms with van der Waals surface area (Å²) in [5, 5.41) is 2.83. The molecule has 1 aliphatic heterocycles. The smallest absolute Gasteiger partial charge is 0.251 e. The molecule has 1 amide bonds. The van der Waals surface area contributed by atoms with Crippen molar-refractivity contribution in [1.29, 1.82) is 0 Å². The Bertz CT molecular complexity index is 1030. The van der Waals surface area contributed by atoms with Crippen LogP contribution in [0.15, 0.2) is 48.7 Å². The van der Waals surface area contributed by atoms with Crippen molar-refractivity contribution in [1.82, 2.24) is 10.3 Å². The molecule has 0 saturated carbocycles. The molecule has 0 unspecified atom stereocenters. The van der Waals surface area contributed by atoms with Crippen LogP contribution >= 0.6 is 0 Å². The molecule has 0 saturated heterocycles. The van der Waals surface area contributed by atoms with Crippen LogP contribution in [0.2, 0.25) is 0 Å². The molecule has 5 heteroatoms. The van der Waals surface area contributed by atoms with Gasteiger partial charge in [-0.2, -0.15) is 0 Å². The first-order valence-electron chi connectivity index (χ1n) is 8.46. The lowest BCUT2D eigenvalue weighted by Gasteiger charge is -2.18. The lowest BCUT2D eigenvalue weighted by atomic mass is 9.94. The van der Waals surface area contributed by atoms with Crippen LogP contribution in [-0.2, 0) is 6.42 Å². The number of pyridine rings is 1. The van der Waals surface area contributed by atoms with E-state index in [1.54, 1.807) is 24.4 Å². The van der Waals surface area contributed by atoms with Crippen molar-refractivity contribution in [3.63, 3.8) is 0 Å². The van der Waals surface area contributed by atoms with E-state index in [-0.39, 0.29) is 11.7 Å². The molecule has 1 aromatic heterocycles. The van der Waals surface area contributed by atoms with Crippen LogP contribution in [0, 0.1) is 12.7 Å². The van der Waals surface area contributed by atoms with E-state index in [4.69, 9.17) is 5.73 Å². The van der Waals surface area contributed by atoms with Crippen LogP contribution in [0.25, 0.3) is 22.3 Å². The van der Waals surface area contributed by atoms with Gasteiger partial charge in [0.2, 0.25) is 0 Å². The van der Waals surface area contributed by atoms with Crippen LogP contribution in [-0.4, -0.2) is 17.4 Å². The number of halogens is 1. The summed E-state index contributed by atoms with van der Waals surface area (Å²) in [4.78, 5) is 16.2. The summed E-state index contributed by atoms with van der Waals surface area (Å²) in [7, 11) is 0. The maximum Gasteiger partial charge on any atom is 0.251 e. The zero-order valence-corrected chi connectivity index (χ0v) is 14.3. The van der Waals surface area contributed by atoms with E-state index in [2.05, 4.69) is 10.3 Å². The number of nitrogens with one attached hydrogen (secondary N) is 1. The van der Waals surface area contributed by atoms with Gasteiger partial charge in [0.15, 0.2) is 0 Å². The van der Waals surface area contributed by atoms with Gasteiger partial charge in [0.1, 0.15) is 11.6 Å². The molecule has 0 fully saturated rings. The van der Waals surface area contributed by atoms with E-state index in [0.29, 0.717) is 29.1 Å². The van der Waals surface area contributed by atoms with E-state index in [0.717, 1.165) is 28.7 Å². The first-order chi connectivity index (χ1) is 12.5. The fourth-order valence-corrected chi connectivity index (χ4v) is 3.31. The molecule has 1 aliphatic rings. The van der Waals surface area contributed by atoms with E-state index in [9.17, 15) is 9.18 Å². The van der Waals surface area contributed by atoms with Gasteiger partial charge in [0.05, 0.1) is 0 Å². The van der Waals surface area contributed by atoms with Crippen LogP contribution in [0.1, 0.15) is 21.5 Å². The van der Waals surface area contributed by atoms with Gasteiger partial charge in [-0.1, -0.05) is 23.8 Å². The van der Waals surface area contributed by atoms with E-state index in [1.807, 2.05) is 25.1 Å². The summed E-state index contributed by atoms with van der Waals surface area (Å²) < 4.78 is 14.3. The largest absolute Gasteiger partial charge is 0.383 e. The molecule has 0 radical (unpaired) electrons. The quantitative estimate of drug-likeness (QED) is 0.742. The van der Waals surface area contributed by atoms with E-state index in [1.165, 1.54) is 6.07 Å². The number of hydrogen-bond acceptors (Lipinski definition) is 3. The second kappa shape index (κ2) is 6.26. The highest BCUT2D eigenvalue weighted by Gasteiger charge is 2.18. The molecule has 2 heterocycles. The summed E-state index contributed by atoms with van der Waals surface area (Å²) in [5.41, 5.74) is 11.5. The number of hydrogen-bond donors (Lipinski definition) is 2. The second-order valence-corrected chi connectivity index (χ2v) is 6.52. The number of aryl methyl sites for hydroxylation is 1. The summed E-state index contributed by atoms with van der Waals surface area (Å²) in [6, 6.07) is 12.5. The van der Waals surface area contributed by atoms with Gasteiger partial charge in [0.25, 0.3) is 5.91 Å².